The fourth-order valence-corrected chi connectivity index (χ4v) is 1.09. The summed E-state index contributed by atoms with van der Waals surface area (Å²) in [6, 6.07) is 0. The lowest BCUT2D eigenvalue weighted by atomic mass is 10.3. The molecule has 0 aliphatic rings. The summed E-state index contributed by atoms with van der Waals surface area (Å²) >= 11 is 1.17. The van der Waals surface area contributed by atoms with Crippen LogP contribution in [-0.4, -0.2) is 11.2 Å². The molecule has 56 valence electrons. The van der Waals surface area contributed by atoms with E-state index in [1.54, 1.807) is 0 Å². The van der Waals surface area contributed by atoms with Crippen LogP contribution in [0.3, 0.4) is 0 Å². The molecule has 0 aliphatic heterocycles. The summed E-state index contributed by atoms with van der Waals surface area (Å²) in [7, 11) is 0. The smallest absolute Gasteiger partial charge is 0.249 e. The maximum Gasteiger partial charge on any atom is 0.394 e. The minimum atomic E-state index is -4.13. The summed E-state index contributed by atoms with van der Waals surface area (Å²) in [6.07, 6.45) is -5.05. The highest BCUT2D eigenvalue weighted by Gasteiger charge is 2.28. The van der Waals surface area contributed by atoms with Crippen LogP contribution in [0.4, 0.5) is 13.2 Å². The lowest BCUT2D eigenvalue weighted by Gasteiger charge is -2.01. The molecule has 0 saturated heterocycles. The maximum absolute atomic E-state index is 11.6. The van der Waals surface area contributed by atoms with Gasteiger partial charge in [-0.3, -0.25) is 0 Å². The van der Waals surface area contributed by atoms with E-state index in [0.29, 0.717) is 0 Å². The largest absolute Gasteiger partial charge is 0.394 e. The van der Waals surface area contributed by atoms with E-state index in [2.05, 4.69) is 4.98 Å². The van der Waals surface area contributed by atoms with Crippen molar-refractivity contribution >= 4 is 11.3 Å². The minimum Gasteiger partial charge on any atom is -0.249 e. The van der Waals surface area contributed by atoms with Crippen molar-refractivity contribution < 1.29 is 13.2 Å². The van der Waals surface area contributed by atoms with Gasteiger partial charge in [-0.1, -0.05) is 0 Å². The Labute approximate surface area is 59.5 Å². The zero-order valence-electron chi connectivity index (χ0n) is 4.85. The number of aromatic nitrogens is 1. The fraction of sp³-hybridized carbons (Fsp3) is 0.400. The van der Waals surface area contributed by atoms with E-state index >= 15 is 0 Å². The van der Waals surface area contributed by atoms with Gasteiger partial charge in [0.15, 0.2) is 0 Å². The van der Waals surface area contributed by atoms with Gasteiger partial charge in [0, 0.05) is 5.38 Å². The minimum absolute atomic E-state index is 0.0949. The number of alkyl halides is 3. The van der Waals surface area contributed by atoms with Crippen molar-refractivity contribution in [1.82, 2.24) is 4.98 Å². The summed E-state index contributed by atoms with van der Waals surface area (Å²) < 4.78 is 34.8. The molecule has 10 heavy (non-hydrogen) atoms. The molecule has 0 unspecified atom stereocenters. The Morgan fingerprint density at radius 1 is 1.50 bits per heavy atom. The van der Waals surface area contributed by atoms with Crippen molar-refractivity contribution in [3.63, 3.8) is 0 Å². The van der Waals surface area contributed by atoms with Gasteiger partial charge in [-0.05, 0) is 0 Å². The van der Waals surface area contributed by atoms with Crippen LogP contribution in [0.15, 0.2) is 10.9 Å². The van der Waals surface area contributed by atoms with Gasteiger partial charge >= 0.3 is 6.18 Å². The van der Waals surface area contributed by atoms with Crippen LogP contribution in [0, 0.1) is 0 Å². The summed E-state index contributed by atoms with van der Waals surface area (Å²) in [5, 5.41) is 1.40. The number of nitrogens with zero attached hydrogens (tertiary/aromatic N) is 1. The molecule has 0 aromatic carbocycles. The molecule has 1 aromatic rings. The van der Waals surface area contributed by atoms with E-state index in [9.17, 15) is 13.2 Å². The third-order valence-corrected chi connectivity index (χ3v) is 1.50. The summed E-state index contributed by atoms with van der Waals surface area (Å²) in [5.41, 5.74) is 1.48. The molecule has 1 aromatic heterocycles. The second kappa shape index (κ2) is 2.57. The average Bonchev–Trinajstić information content (AvgIpc) is 2.12. The van der Waals surface area contributed by atoms with Crippen LogP contribution in [-0.2, 0) is 6.42 Å². The van der Waals surface area contributed by atoms with Crippen molar-refractivity contribution in [3.8, 4) is 0 Å². The molecule has 1 nitrogen and oxygen atoms in total. The lowest BCUT2D eigenvalue weighted by Crippen LogP contribution is -2.11. The normalized spacial score (nSPS) is 11.9. The fourth-order valence-electron chi connectivity index (χ4n) is 0.530. The van der Waals surface area contributed by atoms with Crippen molar-refractivity contribution in [1.29, 1.82) is 0 Å². The Kier molecular flexibility index (Phi) is 1.94. The predicted molar refractivity (Wildman–Crippen MR) is 31.9 cm³/mol. The highest BCUT2D eigenvalue weighted by molar-refractivity contribution is 7.07. The Morgan fingerprint density at radius 3 is 2.60 bits per heavy atom. The van der Waals surface area contributed by atoms with Gasteiger partial charge in [0.25, 0.3) is 0 Å². The average molecular weight is 167 g/mol. The molecule has 0 amide bonds. The van der Waals surface area contributed by atoms with Gasteiger partial charge in [0.05, 0.1) is 17.6 Å². The molecule has 0 aliphatic carbocycles. The molecule has 5 heteroatoms. The molecule has 0 N–H and O–H groups in total. The topological polar surface area (TPSA) is 12.9 Å². The van der Waals surface area contributed by atoms with Crippen molar-refractivity contribution in [3.05, 3.63) is 16.6 Å². The highest BCUT2D eigenvalue weighted by Crippen LogP contribution is 2.20. The number of thiazole rings is 1. The zero-order valence-corrected chi connectivity index (χ0v) is 5.67. The molecule has 1 heterocycles. The van der Waals surface area contributed by atoms with E-state index in [1.165, 1.54) is 22.2 Å². The van der Waals surface area contributed by atoms with Gasteiger partial charge in [0.2, 0.25) is 0 Å². The van der Waals surface area contributed by atoms with Crippen LogP contribution in [0.5, 0.6) is 0 Å². The first-order valence-electron chi connectivity index (χ1n) is 2.52. The number of halogens is 3. The predicted octanol–water partition coefficient (Wildman–Crippen LogP) is 2.25. The Bertz CT molecular complexity index is 191. The molecule has 0 fully saturated rings. The molecule has 0 radical (unpaired) electrons. The quantitative estimate of drug-likeness (QED) is 0.625. The second-order valence-corrected chi connectivity index (χ2v) is 2.49. The van der Waals surface area contributed by atoms with Crippen LogP contribution < -0.4 is 0 Å². The first-order chi connectivity index (χ1) is 4.58. The van der Waals surface area contributed by atoms with Crippen LogP contribution in [0.1, 0.15) is 5.69 Å². The first kappa shape index (κ1) is 7.53. The highest BCUT2D eigenvalue weighted by atomic mass is 32.1. The molecular formula is C5H4F3NS. The molecule has 0 bridgehead atoms. The van der Waals surface area contributed by atoms with Gasteiger partial charge in [-0.25, -0.2) is 4.98 Å². The first-order valence-corrected chi connectivity index (χ1v) is 3.46. The number of hydrogen-bond acceptors (Lipinski definition) is 2. The summed E-state index contributed by atoms with van der Waals surface area (Å²) in [5.74, 6) is 0. The standard InChI is InChI=1S/C5H4F3NS/c6-5(7,8)1-4-2-10-3-9-4/h2-3H,1H2. The Morgan fingerprint density at radius 2 is 2.20 bits per heavy atom. The monoisotopic (exact) mass is 167 g/mol. The van der Waals surface area contributed by atoms with Crippen LogP contribution in [0.2, 0.25) is 0 Å². The number of rotatable bonds is 1. The Balaban J connectivity index is 2.57. The van der Waals surface area contributed by atoms with E-state index in [0.717, 1.165) is 0 Å². The van der Waals surface area contributed by atoms with E-state index < -0.39 is 12.6 Å². The third kappa shape index (κ3) is 2.34. The van der Waals surface area contributed by atoms with Crippen molar-refractivity contribution in [2.24, 2.45) is 0 Å². The van der Waals surface area contributed by atoms with Crippen molar-refractivity contribution in [2.75, 3.05) is 0 Å². The third-order valence-electron chi connectivity index (χ3n) is 0.865. The number of hydrogen-bond donors (Lipinski definition) is 0. The van der Waals surface area contributed by atoms with Crippen molar-refractivity contribution in [2.45, 2.75) is 12.6 Å². The molecule has 0 saturated carbocycles. The molecular weight excluding hydrogens is 163 g/mol. The van der Waals surface area contributed by atoms with E-state index in [4.69, 9.17) is 0 Å². The molecule has 0 atom stereocenters. The van der Waals surface area contributed by atoms with Gasteiger partial charge in [-0.15, -0.1) is 11.3 Å². The van der Waals surface area contributed by atoms with Crippen LogP contribution >= 0.6 is 11.3 Å². The zero-order chi connectivity index (χ0) is 7.61. The maximum atomic E-state index is 11.6. The van der Waals surface area contributed by atoms with Crippen LogP contribution in [0.25, 0.3) is 0 Å². The Hall–Kier alpha value is -0.580. The second-order valence-electron chi connectivity index (χ2n) is 1.77. The SMILES string of the molecule is FC(F)(F)Cc1cscn1. The lowest BCUT2D eigenvalue weighted by molar-refractivity contribution is -0.127. The summed E-state index contributed by atoms with van der Waals surface area (Å²) in [4.78, 5) is 3.50. The van der Waals surface area contributed by atoms with Gasteiger partial charge in [-0.2, -0.15) is 13.2 Å². The molecule has 1 rings (SSSR count). The van der Waals surface area contributed by atoms with E-state index in [1.807, 2.05) is 0 Å². The summed E-state index contributed by atoms with van der Waals surface area (Å²) in [6.45, 7) is 0. The van der Waals surface area contributed by atoms with Gasteiger partial charge < -0.3 is 0 Å². The van der Waals surface area contributed by atoms with Gasteiger partial charge in [0.1, 0.15) is 0 Å². The molecule has 0 spiro atoms. The van der Waals surface area contributed by atoms with E-state index in [-0.39, 0.29) is 5.69 Å².